The Balaban J connectivity index is 0.000000284. The van der Waals surface area contributed by atoms with E-state index in [1.165, 1.54) is 92.2 Å². The van der Waals surface area contributed by atoms with Crippen molar-refractivity contribution in [2.24, 2.45) is 40.4 Å². The monoisotopic (exact) mass is 736 g/mol. The zero-order chi connectivity index (χ0) is 39.2. The molecule has 0 spiro atoms. The van der Waals surface area contributed by atoms with Crippen LogP contribution in [0.1, 0.15) is 169 Å². The van der Waals surface area contributed by atoms with Gasteiger partial charge in [-0.15, -0.1) is 0 Å². The van der Waals surface area contributed by atoms with Crippen LogP contribution in [0.3, 0.4) is 0 Å². The van der Waals surface area contributed by atoms with Gasteiger partial charge in [-0.3, -0.25) is 4.72 Å². The Hall–Kier alpha value is -1.62. The molecule has 0 aromatic heterocycles. The minimum atomic E-state index is 0.240. The van der Waals surface area contributed by atoms with E-state index in [9.17, 15) is 4.79 Å². The number of nitrogens with one attached hydrogen (secondary N) is 1. The molecule has 4 fully saturated rings. The quantitative estimate of drug-likeness (QED) is 0.176. The zero-order valence-electron chi connectivity index (χ0n) is 36.0. The maximum Gasteiger partial charge on any atom is 0.119 e. The third kappa shape index (κ3) is 12.2. The molecule has 4 saturated carbocycles. The number of aliphatic hydroxyl groups is 1. The molecule has 0 amide bonds. The number of aldehydes is 1. The number of hydrogen-bond donors (Lipinski definition) is 2. The SMILES string of the molecule is CC.CC12CCCCC1CCC1C2CCC2(C)C(CCCC=O)CCC12.CNSc1cccc(C(C)(C)C)c1.CO.Cc1ccc(C(C)(C)C)cc1. The fraction of sp³-hybridized carbons (Fsp3) is 0.729. The normalized spacial score (nSPS) is 29.0. The molecule has 4 heteroatoms. The van der Waals surface area contributed by atoms with Crippen LogP contribution in [0.15, 0.2) is 53.4 Å². The van der Waals surface area contributed by atoms with Gasteiger partial charge in [0.2, 0.25) is 0 Å². The first-order valence-electron chi connectivity index (χ1n) is 21.0. The van der Waals surface area contributed by atoms with Crippen LogP contribution in [0.5, 0.6) is 0 Å². The molecule has 0 radical (unpaired) electrons. The van der Waals surface area contributed by atoms with Gasteiger partial charge in [0.25, 0.3) is 0 Å². The summed E-state index contributed by atoms with van der Waals surface area (Å²) in [6, 6.07) is 17.4. The molecule has 2 N–H and O–H groups in total. The first kappa shape index (κ1) is 46.5. The van der Waals surface area contributed by atoms with Gasteiger partial charge in [0.1, 0.15) is 6.29 Å². The lowest BCUT2D eigenvalue weighted by atomic mass is 9.45. The summed E-state index contributed by atoms with van der Waals surface area (Å²) in [5.74, 6) is 5.00. The molecular weight excluding hydrogens is 655 g/mol. The second-order valence-corrected chi connectivity index (χ2v) is 19.6. The summed E-state index contributed by atoms with van der Waals surface area (Å²) in [4.78, 5) is 12.0. The van der Waals surface area contributed by atoms with Crippen LogP contribution >= 0.6 is 11.9 Å². The van der Waals surface area contributed by atoms with Gasteiger partial charge >= 0.3 is 0 Å². The number of aliphatic hydroxyl groups excluding tert-OH is 1. The molecular formula is C48H81NO2S. The topological polar surface area (TPSA) is 49.3 Å². The average molecular weight is 736 g/mol. The second kappa shape index (κ2) is 21.5. The largest absolute Gasteiger partial charge is 0.400 e. The van der Waals surface area contributed by atoms with Crippen molar-refractivity contribution in [3.05, 3.63) is 65.2 Å². The van der Waals surface area contributed by atoms with E-state index in [2.05, 4.69) is 116 Å². The van der Waals surface area contributed by atoms with Gasteiger partial charge in [0, 0.05) is 18.4 Å². The highest BCUT2D eigenvalue weighted by Gasteiger charge is 2.59. The second-order valence-electron chi connectivity index (χ2n) is 18.5. The summed E-state index contributed by atoms with van der Waals surface area (Å²) >= 11 is 1.66. The minimum Gasteiger partial charge on any atom is -0.400 e. The van der Waals surface area contributed by atoms with Crippen molar-refractivity contribution in [3.63, 3.8) is 0 Å². The molecule has 7 unspecified atom stereocenters. The zero-order valence-corrected chi connectivity index (χ0v) is 36.9. The van der Waals surface area contributed by atoms with Crippen LogP contribution in [0.25, 0.3) is 0 Å². The number of rotatable bonds is 6. The maximum absolute atomic E-state index is 10.7. The van der Waals surface area contributed by atoms with Crippen molar-refractivity contribution < 1.29 is 9.90 Å². The highest BCUT2D eigenvalue weighted by molar-refractivity contribution is 7.97. The van der Waals surface area contributed by atoms with E-state index in [0.717, 1.165) is 55.8 Å². The smallest absolute Gasteiger partial charge is 0.119 e. The molecule has 3 nitrogen and oxygen atoms in total. The third-order valence-electron chi connectivity index (χ3n) is 13.5. The minimum absolute atomic E-state index is 0.240. The molecule has 2 aromatic carbocycles. The van der Waals surface area contributed by atoms with E-state index in [1.54, 1.807) is 11.9 Å². The number of carbonyl (C=O) groups excluding carboxylic acids is 1. The van der Waals surface area contributed by atoms with E-state index in [1.807, 2.05) is 20.9 Å². The molecule has 0 aliphatic heterocycles. The average Bonchev–Trinajstić information content (AvgIpc) is 3.46. The Morgan fingerprint density at radius 2 is 1.42 bits per heavy atom. The van der Waals surface area contributed by atoms with Crippen molar-refractivity contribution in [2.75, 3.05) is 14.2 Å². The summed E-state index contributed by atoms with van der Waals surface area (Å²) < 4.78 is 3.08. The molecule has 4 aliphatic carbocycles. The standard InChI is InChI=1S/C23H38O.C11H17NS.C11H16.C2H6.CH4O/c1-22-14-5-3-7-17(22)9-11-19-20-12-10-18(8-4-6-16-24)23(20,2)15-13-21(19)22;1-11(2,3)9-6-5-7-10(8-9)13-12-4;1-9-5-7-10(8-6-9)11(2,3)4;2*1-2/h16-21H,3-15H2,1-2H3;5-8,12H,1-4H3;5-8H,1-4H3;1-2H3;2H,1H3. The van der Waals surface area contributed by atoms with Crippen LogP contribution in [-0.2, 0) is 15.6 Å². The van der Waals surface area contributed by atoms with Gasteiger partial charge in [-0.05, 0) is 165 Å². The first-order chi connectivity index (χ1) is 24.6. The maximum atomic E-state index is 10.7. The summed E-state index contributed by atoms with van der Waals surface area (Å²) in [7, 11) is 2.94. The van der Waals surface area contributed by atoms with Gasteiger partial charge < -0.3 is 9.90 Å². The van der Waals surface area contributed by atoms with Crippen molar-refractivity contribution >= 4 is 18.2 Å². The van der Waals surface area contributed by atoms with Gasteiger partial charge in [0.15, 0.2) is 0 Å². The van der Waals surface area contributed by atoms with Crippen molar-refractivity contribution in [3.8, 4) is 0 Å². The van der Waals surface area contributed by atoms with E-state index in [4.69, 9.17) is 5.11 Å². The van der Waals surface area contributed by atoms with E-state index >= 15 is 0 Å². The molecule has 52 heavy (non-hydrogen) atoms. The fourth-order valence-electron chi connectivity index (χ4n) is 10.5. The first-order valence-corrected chi connectivity index (χ1v) is 21.8. The van der Waals surface area contributed by atoms with E-state index in [-0.39, 0.29) is 10.8 Å². The number of aryl methyl sites for hydroxylation is 1. The van der Waals surface area contributed by atoms with Gasteiger partial charge in [-0.25, -0.2) is 0 Å². The van der Waals surface area contributed by atoms with Gasteiger partial charge in [0.05, 0.1) is 0 Å². The van der Waals surface area contributed by atoms with Crippen molar-refractivity contribution in [2.45, 2.75) is 175 Å². The molecule has 2 aromatic rings. The Bertz CT molecular complexity index is 1290. The van der Waals surface area contributed by atoms with Crippen molar-refractivity contribution in [1.82, 2.24) is 4.72 Å². The third-order valence-corrected chi connectivity index (χ3v) is 14.2. The molecule has 0 saturated heterocycles. The molecule has 7 atom stereocenters. The highest BCUT2D eigenvalue weighted by atomic mass is 32.2. The summed E-state index contributed by atoms with van der Waals surface area (Å²) in [5.41, 5.74) is 5.92. The predicted molar refractivity (Wildman–Crippen MR) is 229 cm³/mol. The summed E-state index contributed by atoms with van der Waals surface area (Å²) in [5, 5.41) is 7.00. The highest BCUT2D eigenvalue weighted by Crippen LogP contribution is 2.67. The Morgan fingerprint density at radius 1 is 0.788 bits per heavy atom. The Labute approximate surface area is 326 Å². The van der Waals surface area contributed by atoms with E-state index < -0.39 is 0 Å². The molecule has 0 bridgehead atoms. The van der Waals surface area contributed by atoms with Crippen LogP contribution < -0.4 is 4.72 Å². The Kier molecular flexibility index (Phi) is 19.2. The lowest BCUT2D eigenvalue weighted by Crippen LogP contribution is -2.52. The lowest BCUT2D eigenvalue weighted by Gasteiger charge is -2.60. The summed E-state index contributed by atoms with van der Waals surface area (Å²) in [6.45, 7) is 24.8. The van der Waals surface area contributed by atoms with Crippen LogP contribution in [0.4, 0.5) is 0 Å². The Morgan fingerprint density at radius 3 is 2.02 bits per heavy atom. The molecule has 0 heterocycles. The van der Waals surface area contributed by atoms with Crippen LogP contribution in [-0.4, -0.2) is 25.6 Å². The number of carbonyl (C=O) groups is 1. The summed E-state index contributed by atoms with van der Waals surface area (Å²) in [6.07, 6.45) is 19.4. The van der Waals surface area contributed by atoms with E-state index in [0.29, 0.717) is 10.8 Å². The number of hydrogen-bond acceptors (Lipinski definition) is 4. The fourth-order valence-corrected chi connectivity index (χ4v) is 11.1. The number of fused-ring (bicyclic) bond motifs is 5. The number of benzene rings is 2. The lowest BCUT2D eigenvalue weighted by molar-refractivity contribution is -0.112. The predicted octanol–water partition coefficient (Wildman–Crippen LogP) is 13.5. The van der Waals surface area contributed by atoms with Crippen LogP contribution in [0, 0.1) is 47.3 Å². The molecule has 6 rings (SSSR count). The molecule has 296 valence electrons. The molecule has 4 aliphatic rings. The van der Waals surface area contributed by atoms with Crippen molar-refractivity contribution in [1.29, 1.82) is 0 Å². The number of unbranched alkanes of at least 4 members (excludes halogenated alkanes) is 1. The van der Waals surface area contributed by atoms with Gasteiger partial charge in [-0.1, -0.05) is 124 Å². The van der Waals surface area contributed by atoms with Gasteiger partial charge in [-0.2, -0.15) is 0 Å². The van der Waals surface area contributed by atoms with Crippen LogP contribution in [0.2, 0.25) is 0 Å².